The van der Waals surface area contributed by atoms with Crippen molar-refractivity contribution in [1.29, 1.82) is 0 Å². The number of rotatable bonds is 3. The molecule has 1 heterocycles. The van der Waals surface area contributed by atoms with Gasteiger partial charge in [-0.2, -0.15) is 0 Å². The molecule has 20 heavy (non-hydrogen) atoms. The number of aromatic nitrogens is 1. The van der Waals surface area contributed by atoms with Crippen molar-refractivity contribution in [2.45, 2.75) is 6.54 Å². The van der Waals surface area contributed by atoms with E-state index in [1.165, 1.54) is 6.20 Å². The van der Waals surface area contributed by atoms with Gasteiger partial charge in [0.2, 0.25) is 0 Å². The van der Waals surface area contributed by atoms with Crippen LogP contribution in [0.3, 0.4) is 0 Å². The Bertz CT molecular complexity index is 758. The zero-order valence-corrected chi connectivity index (χ0v) is 10.7. The first-order valence-corrected chi connectivity index (χ1v) is 6.28. The molecule has 0 aliphatic heterocycles. The van der Waals surface area contributed by atoms with Crippen LogP contribution in [0.15, 0.2) is 54.7 Å². The number of nitrogens with zero attached hydrogens (tertiary/aromatic N) is 1. The Morgan fingerprint density at radius 3 is 2.65 bits per heavy atom. The minimum Gasteiger partial charge on any atom is -0.436 e. The summed E-state index contributed by atoms with van der Waals surface area (Å²) in [5.74, 6) is -0.0179. The van der Waals surface area contributed by atoms with Crippen molar-refractivity contribution in [1.82, 2.24) is 4.98 Å². The molecule has 3 rings (SSSR count). The van der Waals surface area contributed by atoms with Crippen LogP contribution < -0.4 is 10.5 Å². The van der Waals surface area contributed by atoms with Crippen molar-refractivity contribution in [3.05, 3.63) is 66.1 Å². The summed E-state index contributed by atoms with van der Waals surface area (Å²) in [5.41, 5.74) is 5.85. The average molecular weight is 268 g/mol. The maximum Gasteiger partial charge on any atom is 0.256 e. The van der Waals surface area contributed by atoms with Crippen LogP contribution in [0.1, 0.15) is 5.56 Å². The smallest absolute Gasteiger partial charge is 0.256 e. The van der Waals surface area contributed by atoms with Crippen molar-refractivity contribution in [3.8, 4) is 11.6 Å². The van der Waals surface area contributed by atoms with Gasteiger partial charge in [-0.15, -0.1) is 0 Å². The average Bonchev–Trinajstić information content (AvgIpc) is 2.49. The molecule has 0 aliphatic carbocycles. The van der Waals surface area contributed by atoms with Gasteiger partial charge in [0.25, 0.3) is 5.88 Å². The third kappa shape index (κ3) is 2.33. The molecule has 0 bridgehead atoms. The molecule has 3 nitrogen and oxygen atoms in total. The molecule has 0 spiro atoms. The highest BCUT2D eigenvalue weighted by atomic mass is 19.1. The van der Waals surface area contributed by atoms with E-state index in [2.05, 4.69) is 4.98 Å². The fourth-order valence-electron chi connectivity index (χ4n) is 2.03. The predicted octanol–water partition coefficient (Wildman–Crippen LogP) is 3.62. The first-order valence-electron chi connectivity index (χ1n) is 6.28. The summed E-state index contributed by atoms with van der Waals surface area (Å²) in [6.45, 7) is 0.114. The number of halogens is 1. The Hall–Kier alpha value is -2.46. The zero-order valence-electron chi connectivity index (χ0n) is 10.7. The Morgan fingerprint density at radius 2 is 1.85 bits per heavy atom. The second-order valence-corrected chi connectivity index (χ2v) is 4.40. The number of fused-ring (bicyclic) bond motifs is 1. The first kappa shape index (κ1) is 12.6. The topological polar surface area (TPSA) is 48.1 Å². The summed E-state index contributed by atoms with van der Waals surface area (Å²) in [5, 5.41) is 2.13. The summed E-state index contributed by atoms with van der Waals surface area (Å²) in [4.78, 5) is 3.91. The van der Waals surface area contributed by atoms with Gasteiger partial charge in [0.05, 0.1) is 0 Å². The van der Waals surface area contributed by atoms with Crippen LogP contribution in [0.4, 0.5) is 4.39 Å². The lowest BCUT2D eigenvalue weighted by Gasteiger charge is -2.08. The molecule has 0 saturated heterocycles. The van der Waals surface area contributed by atoms with E-state index in [0.717, 1.165) is 10.8 Å². The fraction of sp³-hybridized carbons (Fsp3) is 0.0625. The van der Waals surface area contributed by atoms with Crippen LogP contribution in [0, 0.1) is 5.82 Å². The van der Waals surface area contributed by atoms with Crippen LogP contribution in [0.5, 0.6) is 11.6 Å². The van der Waals surface area contributed by atoms with E-state index >= 15 is 0 Å². The van der Waals surface area contributed by atoms with E-state index in [1.807, 2.05) is 36.4 Å². The first-order chi connectivity index (χ1) is 9.78. The van der Waals surface area contributed by atoms with E-state index in [0.29, 0.717) is 11.3 Å². The third-order valence-corrected chi connectivity index (χ3v) is 3.09. The quantitative estimate of drug-likeness (QED) is 0.789. The summed E-state index contributed by atoms with van der Waals surface area (Å²) >= 11 is 0. The Kier molecular flexibility index (Phi) is 3.31. The molecule has 4 heteroatoms. The zero-order chi connectivity index (χ0) is 13.9. The second kappa shape index (κ2) is 5.27. The van der Waals surface area contributed by atoms with Crippen LogP contribution in [-0.2, 0) is 6.54 Å². The SMILES string of the molecule is NCc1ccnc(Oc2ccc3ccccc3c2)c1F. The molecular formula is C16H13FN2O. The fourth-order valence-corrected chi connectivity index (χ4v) is 2.03. The maximum absolute atomic E-state index is 14.0. The van der Waals surface area contributed by atoms with E-state index < -0.39 is 5.82 Å². The van der Waals surface area contributed by atoms with E-state index in [-0.39, 0.29) is 12.4 Å². The van der Waals surface area contributed by atoms with E-state index in [9.17, 15) is 4.39 Å². The van der Waals surface area contributed by atoms with Gasteiger partial charge >= 0.3 is 0 Å². The van der Waals surface area contributed by atoms with Crippen molar-refractivity contribution >= 4 is 10.8 Å². The Morgan fingerprint density at radius 1 is 1.05 bits per heavy atom. The normalized spacial score (nSPS) is 10.7. The van der Waals surface area contributed by atoms with Crippen LogP contribution in [0.2, 0.25) is 0 Å². The molecule has 0 radical (unpaired) electrons. The van der Waals surface area contributed by atoms with E-state index in [4.69, 9.17) is 10.5 Å². The van der Waals surface area contributed by atoms with Crippen molar-refractivity contribution in [2.75, 3.05) is 0 Å². The molecule has 0 amide bonds. The maximum atomic E-state index is 14.0. The molecule has 2 N–H and O–H groups in total. The largest absolute Gasteiger partial charge is 0.436 e. The van der Waals surface area contributed by atoms with Gasteiger partial charge in [0, 0.05) is 18.3 Å². The Balaban J connectivity index is 1.97. The molecule has 1 aromatic heterocycles. The number of pyridine rings is 1. The second-order valence-electron chi connectivity index (χ2n) is 4.40. The third-order valence-electron chi connectivity index (χ3n) is 3.09. The van der Waals surface area contributed by atoms with Gasteiger partial charge in [-0.05, 0) is 29.0 Å². The molecule has 0 aliphatic rings. The molecular weight excluding hydrogens is 255 g/mol. The summed E-state index contributed by atoms with van der Waals surface area (Å²) in [7, 11) is 0. The highest BCUT2D eigenvalue weighted by Gasteiger charge is 2.10. The molecule has 0 saturated carbocycles. The Labute approximate surface area is 115 Å². The lowest BCUT2D eigenvalue weighted by molar-refractivity contribution is 0.419. The standard InChI is InChI=1S/C16H13FN2O/c17-15-13(10-18)7-8-19-16(15)20-14-6-5-11-3-1-2-4-12(11)9-14/h1-9H,10,18H2. The number of benzene rings is 2. The van der Waals surface area contributed by atoms with Crippen LogP contribution >= 0.6 is 0 Å². The number of hydrogen-bond acceptors (Lipinski definition) is 3. The number of hydrogen-bond donors (Lipinski definition) is 1. The van der Waals surface area contributed by atoms with Gasteiger partial charge < -0.3 is 10.5 Å². The highest BCUT2D eigenvalue weighted by molar-refractivity contribution is 5.83. The van der Waals surface area contributed by atoms with Gasteiger partial charge in [0.15, 0.2) is 5.82 Å². The van der Waals surface area contributed by atoms with Crippen LogP contribution in [0.25, 0.3) is 10.8 Å². The minimum absolute atomic E-state index is 0.0526. The summed E-state index contributed by atoms with van der Waals surface area (Å²) < 4.78 is 19.5. The lowest BCUT2D eigenvalue weighted by atomic mass is 10.1. The molecule has 100 valence electrons. The molecule has 0 fully saturated rings. The minimum atomic E-state index is -0.511. The summed E-state index contributed by atoms with van der Waals surface area (Å²) in [6.07, 6.45) is 1.49. The number of nitrogens with two attached hydrogens (primary N) is 1. The molecule has 3 aromatic rings. The van der Waals surface area contributed by atoms with Crippen LogP contribution in [-0.4, -0.2) is 4.98 Å². The van der Waals surface area contributed by atoms with Gasteiger partial charge in [-0.1, -0.05) is 30.3 Å². The van der Waals surface area contributed by atoms with Crippen molar-refractivity contribution in [3.63, 3.8) is 0 Å². The van der Waals surface area contributed by atoms with Crippen molar-refractivity contribution in [2.24, 2.45) is 5.73 Å². The number of ether oxygens (including phenoxy) is 1. The van der Waals surface area contributed by atoms with Crippen molar-refractivity contribution < 1.29 is 9.13 Å². The monoisotopic (exact) mass is 268 g/mol. The highest BCUT2D eigenvalue weighted by Crippen LogP contribution is 2.27. The predicted molar refractivity (Wildman–Crippen MR) is 76.1 cm³/mol. The summed E-state index contributed by atoms with van der Waals surface area (Å²) in [6, 6.07) is 15.0. The molecule has 0 unspecified atom stereocenters. The molecule has 2 aromatic carbocycles. The lowest BCUT2D eigenvalue weighted by Crippen LogP contribution is -2.02. The van der Waals surface area contributed by atoms with Gasteiger partial charge in [-0.25, -0.2) is 9.37 Å². The van der Waals surface area contributed by atoms with Gasteiger partial charge in [0.1, 0.15) is 5.75 Å². The van der Waals surface area contributed by atoms with E-state index in [1.54, 1.807) is 12.1 Å². The molecule has 0 atom stereocenters. The van der Waals surface area contributed by atoms with Gasteiger partial charge in [-0.3, -0.25) is 0 Å².